The average Bonchev–Trinajstić information content (AvgIpc) is 2.36. The number of ether oxygens (including phenoxy) is 2. The van der Waals surface area contributed by atoms with Gasteiger partial charge in [0, 0.05) is 20.6 Å². The number of hydrazone groups is 1. The Morgan fingerprint density at radius 1 is 1.36 bits per heavy atom. The van der Waals surface area contributed by atoms with Crippen LogP contribution in [0.5, 0.6) is 0 Å². The van der Waals surface area contributed by atoms with Gasteiger partial charge in [0.25, 0.3) is 0 Å². The van der Waals surface area contributed by atoms with E-state index in [0.717, 1.165) is 5.01 Å². The average molecular weight is 312 g/mol. The fourth-order valence-electron chi connectivity index (χ4n) is 2.01. The Morgan fingerprint density at radius 2 is 2.00 bits per heavy atom. The molecule has 0 bridgehead atoms. The number of carbonyl (C=O) groups excluding carboxylic acids is 2. The van der Waals surface area contributed by atoms with E-state index in [4.69, 9.17) is 9.47 Å². The molecule has 7 nitrogen and oxygen atoms in total. The number of aliphatic hydroxyl groups is 1. The summed E-state index contributed by atoms with van der Waals surface area (Å²) in [5.41, 5.74) is -0.118. The summed E-state index contributed by atoms with van der Waals surface area (Å²) in [5, 5.41) is 15.1. The molecular formula is C15H24N2O5. The molecule has 124 valence electrons. The fraction of sp³-hybridized carbons (Fsp3) is 0.667. The molecule has 0 aliphatic heterocycles. The summed E-state index contributed by atoms with van der Waals surface area (Å²) in [6, 6.07) is 0. The summed E-state index contributed by atoms with van der Waals surface area (Å²) in [4.78, 5) is 23.9. The number of carbonyl (C=O) groups is 2. The Labute approximate surface area is 130 Å². The Bertz CT molecular complexity index is 503. The van der Waals surface area contributed by atoms with Crippen LogP contribution in [0.25, 0.3) is 0 Å². The molecule has 0 saturated heterocycles. The van der Waals surface area contributed by atoms with Crippen molar-refractivity contribution in [1.82, 2.24) is 5.01 Å². The SMILES string of the molecule is COCC(O)=C1C(=O)CCCC1=NN(C)C(=O)OC(C)(C)C. The first-order valence-corrected chi connectivity index (χ1v) is 7.14. The van der Waals surface area contributed by atoms with Gasteiger partial charge in [0.05, 0.1) is 11.3 Å². The highest BCUT2D eigenvalue weighted by molar-refractivity contribution is 6.24. The first kappa shape index (κ1) is 18.2. The Hall–Kier alpha value is -1.89. The topological polar surface area (TPSA) is 88.4 Å². The standard InChI is InChI=1S/C15H24N2O5/c1-15(2,3)22-14(20)17(4)16-10-7-6-8-11(18)13(10)12(19)9-21-5/h19H,6-9H2,1-5H3. The predicted molar refractivity (Wildman–Crippen MR) is 81.8 cm³/mol. The summed E-state index contributed by atoms with van der Waals surface area (Å²) in [6.07, 6.45) is 0.854. The van der Waals surface area contributed by atoms with Crippen molar-refractivity contribution in [3.8, 4) is 0 Å². The third-order valence-corrected chi connectivity index (χ3v) is 2.88. The first-order chi connectivity index (χ1) is 10.2. The number of rotatable bonds is 3. The van der Waals surface area contributed by atoms with Crippen LogP contribution in [-0.4, -0.2) is 54.1 Å². The van der Waals surface area contributed by atoms with Crippen molar-refractivity contribution in [1.29, 1.82) is 0 Å². The third-order valence-electron chi connectivity index (χ3n) is 2.88. The van der Waals surface area contributed by atoms with Gasteiger partial charge < -0.3 is 14.6 Å². The van der Waals surface area contributed by atoms with Gasteiger partial charge in [0.1, 0.15) is 18.0 Å². The molecule has 0 unspecified atom stereocenters. The number of amides is 1. The van der Waals surface area contributed by atoms with E-state index in [1.54, 1.807) is 20.8 Å². The second-order valence-corrected chi connectivity index (χ2v) is 6.08. The minimum absolute atomic E-state index is 0.0732. The number of nitrogens with zero attached hydrogens (tertiary/aromatic N) is 2. The van der Waals surface area contributed by atoms with Crippen LogP contribution < -0.4 is 0 Å². The lowest BCUT2D eigenvalue weighted by Crippen LogP contribution is -2.33. The molecule has 0 heterocycles. The first-order valence-electron chi connectivity index (χ1n) is 7.14. The molecule has 0 atom stereocenters. The van der Waals surface area contributed by atoms with Gasteiger partial charge in [0.2, 0.25) is 0 Å². The van der Waals surface area contributed by atoms with Crippen LogP contribution in [0.3, 0.4) is 0 Å². The number of hydrogen-bond acceptors (Lipinski definition) is 6. The van der Waals surface area contributed by atoms with Crippen LogP contribution in [0.2, 0.25) is 0 Å². The van der Waals surface area contributed by atoms with E-state index in [2.05, 4.69) is 5.10 Å². The number of ketones is 1. The molecule has 1 amide bonds. The van der Waals surface area contributed by atoms with Crippen molar-refractivity contribution in [2.75, 3.05) is 20.8 Å². The van der Waals surface area contributed by atoms with E-state index >= 15 is 0 Å². The second kappa shape index (κ2) is 7.40. The van der Waals surface area contributed by atoms with Crippen LogP contribution in [0.4, 0.5) is 4.79 Å². The van der Waals surface area contributed by atoms with E-state index in [1.165, 1.54) is 14.2 Å². The molecular weight excluding hydrogens is 288 g/mol. The minimum Gasteiger partial charge on any atom is -0.509 e. The Kier molecular flexibility index (Phi) is 6.11. The van der Waals surface area contributed by atoms with Crippen molar-refractivity contribution in [3.63, 3.8) is 0 Å². The molecule has 0 aromatic heterocycles. The number of hydrogen-bond donors (Lipinski definition) is 1. The number of aliphatic hydroxyl groups excluding tert-OH is 1. The summed E-state index contributed by atoms with van der Waals surface area (Å²) in [7, 11) is 2.87. The maximum Gasteiger partial charge on any atom is 0.430 e. The van der Waals surface area contributed by atoms with Crippen molar-refractivity contribution in [3.05, 3.63) is 11.3 Å². The van der Waals surface area contributed by atoms with Gasteiger partial charge in [-0.15, -0.1) is 0 Å². The van der Waals surface area contributed by atoms with E-state index in [-0.39, 0.29) is 23.7 Å². The normalized spacial score (nSPS) is 20.0. The number of methoxy groups -OCH3 is 1. The lowest BCUT2D eigenvalue weighted by molar-refractivity contribution is -0.115. The molecule has 1 rings (SSSR count). The van der Waals surface area contributed by atoms with Gasteiger partial charge >= 0.3 is 6.09 Å². The van der Waals surface area contributed by atoms with Crippen LogP contribution in [0, 0.1) is 0 Å². The molecule has 1 aliphatic carbocycles. The Morgan fingerprint density at radius 3 is 2.55 bits per heavy atom. The van der Waals surface area contributed by atoms with Crippen LogP contribution >= 0.6 is 0 Å². The van der Waals surface area contributed by atoms with Crippen molar-refractivity contribution in [2.24, 2.45) is 5.10 Å². The Balaban J connectivity index is 3.02. The fourth-order valence-corrected chi connectivity index (χ4v) is 2.01. The third kappa shape index (κ3) is 5.14. The van der Waals surface area contributed by atoms with Crippen LogP contribution in [-0.2, 0) is 14.3 Å². The van der Waals surface area contributed by atoms with Crippen LogP contribution in [0.1, 0.15) is 40.0 Å². The maximum atomic E-state index is 12.0. The highest BCUT2D eigenvalue weighted by Gasteiger charge is 2.27. The molecule has 0 spiro atoms. The lowest BCUT2D eigenvalue weighted by atomic mass is 9.90. The molecule has 22 heavy (non-hydrogen) atoms. The van der Waals surface area contributed by atoms with Gasteiger partial charge in [-0.05, 0) is 33.6 Å². The number of Topliss-reactive ketones (excluding diaryl/α,β-unsaturated/α-hetero) is 1. The van der Waals surface area contributed by atoms with Gasteiger partial charge in [-0.3, -0.25) is 4.79 Å². The van der Waals surface area contributed by atoms with E-state index in [1.807, 2.05) is 0 Å². The maximum absolute atomic E-state index is 12.0. The van der Waals surface area contributed by atoms with E-state index in [9.17, 15) is 14.7 Å². The zero-order valence-electron chi connectivity index (χ0n) is 13.8. The van der Waals surface area contributed by atoms with Crippen molar-refractivity contribution < 1.29 is 24.2 Å². The predicted octanol–water partition coefficient (Wildman–Crippen LogP) is 2.42. The molecule has 0 aromatic carbocycles. The highest BCUT2D eigenvalue weighted by atomic mass is 16.6. The monoisotopic (exact) mass is 312 g/mol. The zero-order valence-corrected chi connectivity index (χ0v) is 13.8. The summed E-state index contributed by atoms with van der Waals surface area (Å²) < 4.78 is 10.1. The van der Waals surface area contributed by atoms with Crippen LogP contribution in [0.15, 0.2) is 16.4 Å². The summed E-state index contributed by atoms with van der Waals surface area (Å²) >= 11 is 0. The van der Waals surface area contributed by atoms with Gasteiger partial charge in [-0.25, -0.2) is 9.80 Å². The summed E-state index contributed by atoms with van der Waals surface area (Å²) in [5.74, 6) is -0.360. The van der Waals surface area contributed by atoms with Gasteiger partial charge in [-0.1, -0.05) is 0 Å². The highest BCUT2D eigenvalue weighted by Crippen LogP contribution is 2.21. The van der Waals surface area contributed by atoms with E-state index in [0.29, 0.717) is 25.0 Å². The molecule has 1 saturated carbocycles. The quantitative estimate of drug-likeness (QED) is 0.491. The number of allylic oxidation sites excluding steroid dienone is 1. The molecule has 1 fully saturated rings. The molecule has 0 radical (unpaired) electrons. The van der Waals surface area contributed by atoms with Gasteiger partial charge in [-0.2, -0.15) is 5.10 Å². The minimum atomic E-state index is -0.634. The molecule has 1 aliphatic rings. The largest absolute Gasteiger partial charge is 0.509 e. The smallest absolute Gasteiger partial charge is 0.430 e. The molecule has 1 N–H and O–H groups in total. The van der Waals surface area contributed by atoms with Gasteiger partial charge in [0.15, 0.2) is 5.78 Å². The lowest BCUT2D eigenvalue weighted by Gasteiger charge is -2.24. The summed E-state index contributed by atoms with van der Waals surface area (Å²) in [6.45, 7) is 5.19. The van der Waals surface area contributed by atoms with Crippen molar-refractivity contribution >= 4 is 17.6 Å². The molecule has 7 heteroatoms. The second-order valence-electron chi connectivity index (χ2n) is 6.08. The zero-order chi connectivity index (χ0) is 16.9. The van der Waals surface area contributed by atoms with Crippen molar-refractivity contribution in [2.45, 2.75) is 45.6 Å². The van der Waals surface area contributed by atoms with E-state index < -0.39 is 11.7 Å². The molecule has 0 aromatic rings.